The first-order valence-corrected chi connectivity index (χ1v) is 11.5. The molecular weight excluding hydrogens is 434 g/mol. The van der Waals surface area contributed by atoms with Gasteiger partial charge >= 0.3 is 0 Å². The lowest BCUT2D eigenvalue weighted by Gasteiger charge is -2.18. The predicted octanol–water partition coefficient (Wildman–Crippen LogP) is 4.50. The van der Waals surface area contributed by atoms with Crippen LogP contribution in [0.2, 0.25) is 0 Å². The van der Waals surface area contributed by atoms with Gasteiger partial charge in [0.1, 0.15) is 5.75 Å². The zero-order chi connectivity index (χ0) is 23.4. The number of thioether (sulfide) groups is 1. The van der Waals surface area contributed by atoms with Gasteiger partial charge in [0.15, 0.2) is 5.16 Å². The lowest BCUT2D eigenvalue weighted by Crippen LogP contribution is -2.28. The summed E-state index contributed by atoms with van der Waals surface area (Å²) in [5, 5.41) is 3.25. The second-order valence-electron chi connectivity index (χ2n) is 7.70. The van der Waals surface area contributed by atoms with Crippen LogP contribution < -0.4 is 10.3 Å². The summed E-state index contributed by atoms with van der Waals surface area (Å²) >= 11 is 1.27. The number of carbonyl (C=O) groups is 1. The van der Waals surface area contributed by atoms with E-state index in [1.54, 1.807) is 35.8 Å². The molecule has 1 amide bonds. The molecule has 0 spiro atoms. The summed E-state index contributed by atoms with van der Waals surface area (Å²) in [4.78, 5) is 32.0. The average Bonchev–Trinajstić information content (AvgIpc) is 2.84. The van der Waals surface area contributed by atoms with Crippen molar-refractivity contribution < 1.29 is 9.53 Å². The number of nitrogens with zero attached hydrogens (tertiary/aromatic N) is 3. The highest BCUT2D eigenvalue weighted by Crippen LogP contribution is 2.23. The van der Waals surface area contributed by atoms with Crippen molar-refractivity contribution in [2.75, 3.05) is 19.9 Å². The molecule has 0 aliphatic heterocycles. The van der Waals surface area contributed by atoms with Crippen LogP contribution in [0.5, 0.6) is 5.75 Å². The van der Waals surface area contributed by atoms with E-state index < -0.39 is 0 Å². The summed E-state index contributed by atoms with van der Waals surface area (Å²) in [7, 11) is 3.43. The molecule has 0 aliphatic carbocycles. The first-order chi connectivity index (χ1) is 16.0. The number of allylic oxidation sites excluding steroid dienone is 1. The molecule has 0 radical (unpaired) electrons. The number of amides is 1. The summed E-state index contributed by atoms with van der Waals surface area (Å²) in [5.41, 5.74) is 1.54. The van der Waals surface area contributed by atoms with Crippen molar-refractivity contribution in [2.45, 2.75) is 18.2 Å². The van der Waals surface area contributed by atoms with Crippen LogP contribution in [0, 0.1) is 0 Å². The molecule has 4 aromatic rings. The molecule has 0 N–H and O–H groups in total. The van der Waals surface area contributed by atoms with E-state index in [4.69, 9.17) is 4.74 Å². The Morgan fingerprint density at radius 1 is 1.15 bits per heavy atom. The summed E-state index contributed by atoms with van der Waals surface area (Å²) in [6.07, 6.45) is 1.66. The van der Waals surface area contributed by atoms with Crippen LogP contribution in [-0.4, -0.2) is 40.3 Å². The molecule has 0 saturated carbocycles. The third-order valence-corrected chi connectivity index (χ3v) is 6.38. The fourth-order valence-electron chi connectivity index (χ4n) is 3.65. The normalized spacial score (nSPS) is 11.0. The molecule has 0 atom stereocenters. The van der Waals surface area contributed by atoms with Gasteiger partial charge in [0.05, 0.1) is 23.8 Å². The number of methoxy groups -OCH3 is 1. The maximum atomic E-state index is 12.9. The van der Waals surface area contributed by atoms with E-state index in [0.29, 0.717) is 29.1 Å². The number of fused-ring (bicyclic) bond motifs is 2. The average molecular weight is 460 g/mol. The summed E-state index contributed by atoms with van der Waals surface area (Å²) in [6, 6.07) is 19.3. The summed E-state index contributed by atoms with van der Waals surface area (Å²) < 4.78 is 6.84. The molecule has 1 aromatic heterocycles. The highest BCUT2D eigenvalue weighted by molar-refractivity contribution is 7.99. The largest absolute Gasteiger partial charge is 0.497 e. The van der Waals surface area contributed by atoms with Gasteiger partial charge in [-0.1, -0.05) is 48.2 Å². The van der Waals surface area contributed by atoms with Gasteiger partial charge in [0, 0.05) is 20.1 Å². The van der Waals surface area contributed by atoms with Crippen molar-refractivity contribution in [1.82, 2.24) is 14.5 Å². The number of rotatable bonds is 8. The lowest BCUT2D eigenvalue weighted by atomic mass is 10.1. The molecule has 3 aromatic carbocycles. The van der Waals surface area contributed by atoms with Crippen LogP contribution in [0.3, 0.4) is 0 Å². The molecule has 0 saturated heterocycles. The highest BCUT2D eigenvalue weighted by Gasteiger charge is 2.15. The van der Waals surface area contributed by atoms with Crippen LogP contribution in [0.15, 0.2) is 83.3 Å². The van der Waals surface area contributed by atoms with Crippen molar-refractivity contribution in [3.63, 3.8) is 0 Å². The van der Waals surface area contributed by atoms with Crippen LogP contribution in [0.1, 0.15) is 5.56 Å². The molecule has 168 valence electrons. The van der Waals surface area contributed by atoms with Crippen molar-refractivity contribution in [1.29, 1.82) is 0 Å². The molecule has 0 unspecified atom stereocenters. The molecule has 0 bridgehead atoms. The maximum Gasteiger partial charge on any atom is 0.262 e. The minimum absolute atomic E-state index is 0.0395. The second-order valence-corrected chi connectivity index (χ2v) is 8.64. The zero-order valence-electron chi connectivity index (χ0n) is 18.7. The first kappa shape index (κ1) is 22.6. The van der Waals surface area contributed by atoms with E-state index in [0.717, 1.165) is 22.1 Å². The molecular formula is C26H25N3O3S. The number of ether oxygens (including phenoxy) is 1. The minimum atomic E-state index is -0.128. The molecule has 1 heterocycles. The molecule has 7 heteroatoms. The van der Waals surface area contributed by atoms with E-state index in [9.17, 15) is 9.59 Å². The van der Waals surface area contributed by atoms with Crippen molar-refractivity contribution in [3.8, 4) is 5.75 Å². The summed E-state index contributed by atoms with van der Waals surface area (Å²) in [6.45, 7) is 4.57. The fraction of sp³-hybridized carbons (Fsp3) is 0.192. The Morgan fingerprint density at radius 3 is 2.70 bits per heavy atom. The van der Waals surface area contributed by atoms with Gasteiger partial charge in [-0.25, -0.2) is 4.98 Å². The smallest absolute Gasteiger partial charge is 0.262 e. The van der Waals surface area contributed by atoms with Crippen LogP contribution in [-0.2, 0) is 17.9 Å². The summed E-state index contributed by atoms with van der Waals surface area (Å²) in [5.74, 6) is 0.961. The standard InChI is InChI=1S/C26H25N3O3S/c1-4-13-29-25(31)22-7-5-6-8-23(22)27-26(29)33-17-24(30)28(2)16-18-9-10-20-15-21(32-3)12-11-19(20)14-18/h4-12,14-15H,1,13,16-17H2,2-3H3. The van der Waals surface area contributed by atoms with Crippen molar-refractivity contribution in [3.05, 3.63) is 89.2 Å². The van der Waals surface area contributed by atoms with Crippen molar-refractivity contribution >= 4 is 39.3 Å². The maximum absolute atomic E-state index is 12.9. The van der Waals surface area contributed by atoms with Gasteiger partial charge in [-0.3, -0.25) is 14.2 Å². The third kappa shape index (κ3) is 4.93. The number of benzene rings is 3. The number of aromatic nitrogens is 2. The number of hydrogen-bond donors (Lipinski definition) is 0. The molecule has 4 rings (SSSR count). The Balaban J connectivity index is 1.48. The van der Waals surface area contributed by atoms with Gasteiger partial charge in [-0.2, -0.15) is 0 Å². The van der Waals surface area contributed by atoms with E-state index in [-0.39, 0.29) is 17.2 Å². The Labute approximate surface area is 196 Å². The fourth-order valence-corrected chi connectivity index (χ4v) is 4.59. The first-order valence-electron chi connectivity index (χ1n) is 10.5. The van der Waals surface area contributed by atoms with E-state index >= 15 is 0 Å². The van der Waals surface area contributed by atoms with Gasteiger partial charge in [-0.05, 0) is 46.7 Å². The Bertz CT molecular complexity index is 1400. The van der Waals surface area contributed by atoms with Crippen molar-refractivity contribution in [2.24, 2.45) is 0 Å². The minimum Gasteiger partial charge on any atom is -0.497 e. The zero-order valence-corrected chi connectivity index (χ0v) is 19.5. The van der Waals surface area contributed by atoms with E-state index in [1.807, 2.05) is 48.5 Å². The molecule has 33 heavy (non-hydrogen) atoms. The monoisotopic (exact) mass is 459 g/mol. The second kappa shape index (κ2) is 9.92. The highest BCUT2D eigenvalue weighted by atomic mass is 32.2. The Morgan fingerprint density at radius 2 is 1.91 bits per heavy atom. The lowest BCUT2D eigenvalue weighted by molar-refractivity contribution is -0.127. The van der Waals surface area contributed by atoms with Gasteiger partial charge in [0.25, 0.3) is 5.56 Å². The molecule has 6 nitrogen and oxygen atoms in total. The van der Waals surface area contributed by atoms with Gasteiger partial charge in [0.2, 0.25) is 5.91 Å². The quantitative estimate of drug-likeness (QED) is 0.221. The number of para-hydroxylation sites is 1. The topological polar surface area (TPSA) is 64.4 Å². The number of hydrogen-bond acceptors (Lipinski definition) is 5. The van der Waals surface area contributed by atoms with Crippen LogP contribution in [0.4, 0.5) is 0 Å². The molecule has 0 fully saturated rings. The van der Waals surface area contributed by atoms with Gasteiger partial charge in [-0.15, -0.1) is 6.58 Å². The van der Waals surface area contributed by atoms with E-state index in [2.05, 4.69) is 17.6 Å². The van der Waals surface area contributed by atoms with Crippen LogP contribution in [0.25, 0.3) is 21.7 Å². The Hall–Kier alpha value is -3.58. The van der Waals surface area contributed by atoms with E-state index in [1.165, 1.54) is 11.8 Å². The van der Waals surface area contributed by atoms with Crippen LogP contribution >= 0.6 is 11.8 Å². The van der Waals surface area contributed by atoms with Gasteiger partial charge < -0.3 is 9.64 Å². The molecule has 0 aliphatic rings. The SMILES string of the molecule is C=CCn1c(SCC(=O)N(C)Cc2ccc3cc(OC)ccc3c2)nc2ccccc2c1=O. The Kier molecular flexibility index (Phi) is 6.79. The number of carbonyl (C=O) groups excluding carboxylic acids is 1. The third-order valence-electron chi connectivity index (χ3n) is 5.42. The predicted molar refractivity (Wildman–Crippen MR) is 134 cm³/mol.